The zero-order valence-electron chi connectivity index (χ0n) is 10.9. The molecule has 1 heterocycles. The van der Waals surface area contributed by atoms with Gasteiger partial charge in [0, 0.05) is 24.9 Å². The molecule has 1 aliphatic heterocycles. The van der Waals surface area contributed by atoms with Crippen molar-refractivity contribution in [3.63, 3.8) is 0 Å². The van der Waals surface area contributed by atoms with E-state index in [1.165, 1.54) is 11.0 Å². The highest BCUT2D eigenvalue weighted by Gasteiger charge is 2.31. The van der Waals surface area contributed by atoms with Crippen LogP contribution in [-0.4, -0.2) is 29.8 Å². The summed E-state index contributed by atoms with van der Waals surface area (Å²) < 4.78 is 13.8. The van der Waals surface area contributed by atoms with E-state index in [-0.39, 0.29) is 43.1 Å². The van der Waals surface area contributed by atoms with Crippen LogP contribution in [0.5, 0.6) is 0 Å². The van der Waals surface area contributed by atoms with E-state index in [1.54, 1.807) is 18.2 Å². The second-order valence-electron chi connectivity index (χ2n) is 4.53. The Morgan fingerprint density at radius 2 is 1.89 bits per heavy atom. The smallest absolute Gasteiger partial charge is 0.229 e. The topological polar surface area (TPSA) is 49.4 Å². The number of carbonyl (C=O) groups excluding carboxylic acids is 2. The van der Waals surface area contributed by atoms with Gasteiger partial charge in [-0.3, -0.25) is 14.5 Å². The van der Waals surface area contributed by atoms with Gasteiger partial charge in [-0.1, -0.05) is 25.1 Å². The van der Waals surface area contributed by atoms with Crippen molar-refractivity contribution in [2.45, 2.75) is 25.8 Å². The second kappa shape index (κ2) is 5.93. The predicted octanol–water partition coefficient (Wildman–Crippen LogP) is 1.63. The van der Waals surface area contributed by atoms with Crippen LogP contribution in [0.2, 0.25) is 0 Å². The molecule has 5 heteroatoms. The Morgan fingerprint density at radius 3 is 2.47 bits per heavy atom. The van der Waals surface area contributed by atoms with Crippen LogP contribution in [-0.2, 0) is 9.59 Å². The summed E-state index contributed by atoms with van der Waals surface area (Å²) >= 11 is 0. The molecule has 1 fully saturated rings. The van der Waals surface area contributed by atoms with E-state index in [2.05, 4.69) is 5.32 Å². The highest BCUT2D eigenvalue weighted by molar-refractivity contribution is 6.01. The molecule has 0 radical (unpaired) electrons. The van der Waals surface area contributed by atoms with E-state index in [1.807, 2.05) is 6.92 Å². The molecule has 1 aliphatic rings. The van der Waals surface area contributed by atoms with Crippen LogP contribution in [0, 0.1) is 5.82 Å². The summed E-state index contributed by atoms with van der Waals surface area (Å²) in [7, 11) is 0. The van der Waals surface area contributed by atoms with Gasteiger partial charge in [0.15, 0.2) is 0 Å². The van der Waals surface area contributed by atoms with Gasteiger partial charge in [0.1, 0.15) is 5.82 Å². The van der Waals surface area contributed by atoms with Crippen LogP contribution in [0.15, 0.2) is 24.3 Å². The Labute approximate surface area is 111 Å². The maximum absolute atomic E-state index is 13.8. The Balaban J connectivity index is 2.19. The van der Waals surface area contributed by atoms with Crippen LogP contribution in [0.4, 0.5) is 4.39 Å². The van der Waals surface area contributed by atoms with Crippen molar-refractivity contribution in [3.05, 3.63) is 35.6 Å². The SMILES string of the molecule is CCNC(CN1C(=O)CCC1=O)c1ccccc1F. The van der Waals surface area contributed by atoms with Crippen molar-refractivity contribution >= 4 is 11.8 Å². The van der Waals surface area contributed by atoms with E-state index < -0.39 is 0 Å². The van der Waals surface area contributed by atoms with Gasteiger partial charge in [0.25, 0.3) is 0 Å². The first-order chi connectivity index (χ1) is 9.13. The summed E-state index contributed by atoms with van der Waals surface area (Å²) in [6.45, 7) is 2.73. The van der Waals surface area contributed by atoms with E-state index in [9.17, 15) is 14.0 Å². The molecule has 19 heavy (non-hydrogen) atoms. The molecule has 0 bridgehead atoms. The molecule has 1 N–H and O–H groups in total. The first-order valence-electron chi connectivity index (χ1n) is 6.44. The molecule has 1 aromatic carbocycles. The molecule has 0 saturated carbocycles. The summed E-state index contributed by atoms with van der Waals surface area (Å²) in [4.78, 5) is 24.5. The van der Waals surface area contributed by atoms with Crippen molar-refractivity contribution in [2.75, 3.05) is 13.1 Å². The van der Waals surface area contributed by atoms with Gasteiger partial charge < -0.3 is 5.32 Å². The van der Waals surface area contributed by atoms with Crippen LogP contribution < -0.4 is 5.32 Å². The zero-order valence-corrected chi connectivity index (χ0v) is 10.9. The number of halogens is 1. The lowest BCUT2D eigenvalue weighted by atomic mass is 10.1. The number of likely N-dealkylation sites (tertiary alicyclic amines) is 1. The molecule has 1 atom stereocenters. The maximum Gasteiger partial charge on any atom is 0.229 e. The third-order valence-electron chi connectivity index (χ3n) is 3.25. The molecule has 102 valence electrons. The lowest BCUT2D eigenvalue weighted by Gasteiger charge is -2.24. The third-order valence-corrected chi connectivity index (χ3v) is 3.25. The third kappa shape index (κ3) is 2.98. The minimum atomic E-state index is -0.364. The van der Waals surface area contributed by atoms with Crippen molar-refractivity contribution in [2.24, 2.45) is 0 Å². The molecule has 0 spiro atoms. The molecule has 1 unspecified atom stereocenters. The Bertz CT molecular complexity index is 474. The fourth-order valence-electron chi connectivity index (χ4n) is 2.29. The van der Waals surface area contributed by atoms with E-state index in [0.29, 0.717) is 12.1 Å². The fourth-order valence-corrected chi connectivity index (χ4v) is 2.29. The van der Waals surface area contributed by atoms with Gasteiger partial charge in [-0.2, -0.15) is 0 Å². The van der Waals surface area contributed by atoms with Crippen molar-refractivity contribution < 1.29 is 14.0 Å². The van der Waals surface area contributed by atoms with E-state index in [4.69, 9.17) is 0 Å². The predicted molar refractivity (Wildman–Crippen MR) is 68.8 cm³/mol. The molecule has 1 aromatic rings. The number of rotatable bonds is 5. The average molecular weight is 264 g/mol. The second-order valence-corrected chi connectivity index (χ2v) is 4.53. The molecular weight excluding hydrogens is 247 g/mol. The van der Waals surface area contributed by atoms with Crippen molar-refractivity contribution in [1.29, 1.82) is 0 Å². The molecule has 0 aliphatic carbocycles. The maximum atomic E-state index is 13.8. The number of imide groups is 1. The summed E-state index contributed by atoms with van der Waals surface area (Å²) in [6.07, 6.45) is 0.518. The number of amides is 2. The van der Waals surface area contributed by atoms with Gasteiger partial charge in [-0.05, 0) is 12.6 Å². The van der Waals surface area contributed by atoms with E-state index >= 15 is 0 Å². The van der Waals surface area contributed by atoms with E-state index in [0.717, 1.165) is 0 Å². The molecule has 2 rings (SSSR count). The van der Waals surface area contributed by atoms with Gasteiger partial charge in [-0.15, -0.1) is 0 Å². The van der Waals surface area contributed by atoms with Crippen LogP contribution >= 0.6 is 0 Å². The van der Waals surface area contributed by atoms with Gasteiger partial charge >= 0.3 is 0 Å². The number of hydrogen-bond acceptors (Lipinski definition) is 3. The van der Waals surface area contributed by atoms with Gasteiger partial charge in [-0.25, -0.2) is 4.39 Å². The summed E-state index contributed by atoms with van der Waals surface area (Å²) in [5.74, 6) is -0.680. The van der Waals surface area contributed by atoms with Crippen molar-refractivity contribution in [3.8, 4) is 0 Å². The lowest BCUT2D eigenvalue weighted by molar-refractivity contribution is -0.138. The first-order valence-corrected chi connectivity index (χ1v) is 6.44. The fraction of sp³-hybridized carbons (Fsp3) is 0.429. The highest BCUT2D eigenvalue weighted by Crippen LogP contribution is 2.21. The number of carbonyl (C=O) groups is 2. The molecule has 1 saturated heterocycles. The minimum Gasteiger partial charge on any atom is -0.309 e. The minimum absolute atomic E-state index is 0.177. The lowest BCUT2D eigenvalue weighted by Crippen LogP contribution is -2.38. The number of benzene rings is 1. The summed E-state index contributed by atoms with van der Waals surface area (Å²) in [5.41, 5.74) is 0.483. The largest absolute Gasteiger partial charge is 0.309 e. The summed E-state index contributed by atoms with van der Waals surface area (Å²) in [6, 6.07) is 6.06. The molecule has 2 amide bonds. The number of nitrogens with one attached hydrogen (secondary N) is 1. The molecular formula is C14H17FN2O2. The highest BCUT2D eigenvalue weighted by atomic mass is 19.1. The monoisotopic (exact) mass is 264 g/mol. The van der Waals surface area contributed by atoms with Crippen LogP contribution in [0.25, 0.3) is 0 Å². The summed E-state index contributed by atoms with van der Waals surface area (Å²) in [5, 5.41) is 3.12. The van der Waals surface area contributed by atoms with Gasteiger partial charge in [0.05, 0.1) is 6.04 Å². The first kappa shape index (κ1) is 13.7. The quantitative estimate of drug-likeness (QED) is 0.822. The number of hydrogen-bond donors (Lipinski definition) is 1. The van der Waals surface area contributed by atoms with Crippen LogP contribution in [0.1, 0.15) is 31.4 Å². The Hall–Kier alpha value is -1.75. The van der Waals surface area contributed by atoms with Crippen molar-refractivity contribution in [1.82, 2.24) is 10.2 Å². The standard InChI is InChI=1S/C14H17FN2O2/c1-2-16-12(10-5-3-4-6-11(10)15)9-17-13(18)7-8-14(17)19/h3-6,12,16H,2,7-9H2,1H3. The van der Waals surface area contributed by atoms with Crippen LogP contribution in [0.3, 0.4) is 0 Å². The molecule has 0 aromatic heterocycles. The van der Waals surface area contributed by atoms with Gasteiger partial charge in [0.2, 0.25) is 11.8 Å². The Kier molecular flexibility index (Phi) is 4.27. The number of likely N-dealkylation sites (N-methyl/N-ethyl adjacent to an activating group) is 1. The zero-order chi connectivity index (χ0) is 13.8. The normalized spacial score (nSPS) is 17.1. The Morgan fingerprint density at radius 1 is 1.26 bits per heavy atom. The number of nitrogens with zero attached hydrogens (tertiary/aromatic N) is 1. The average Bonchev–Trinajstić information content (AvgIpc) is 2.70. The molecule has 4 nitrogen and oxygen atoms in total.